The molecular formula is C19H25FN2O3. The van der Waals surface area contributed by atoms with Gasteiger partial charge in [0.15, 0.2) is 0 Å². The summed E-state index contributed by atoms with van der Waals surface area (Å²) in [7, 11) is 0. The van der Waals surface area contributed by atoms with Crippen LogP contribution in [0.1, 0.15) is 32.3 Å². The van der Waals surface area contributed by atoms with Crippen LogP contribution in [-0.2, 0) is 20.7 Å². The highest BCUT2D eigenvalue weighted by atomic mass is 19.1. The van der Waals surface area contributed by atoms with Crippen molar-refractivity contribution in [3.8, 4) is 0 Å². The number of fused-ring (bicyclic) bond motifs is 1. The molecule has 6 heteroatoms. The monoisotopic (exact) mass is 348 g/mol. The molecule has 1 saturated heterocycles. The van der Waals surface area contributed by atoms with Crippen molar-refractivity contribution in [1.82, 2.24) is 4.90 Å². The third-order valence-corrected chi connectivity index (χ3v) is 5.23. The quantitative estimate of drug-likeness (QED) is 0.784. The Balaban J connectivity index is 1.61. The van der Waals surface area contributed by atoms with Crippen LogP contribution in [0.3, 0.4) is 0 Å². The zero-order valence-corrected chi connectivity index (χ0v) is 14.8. The van der Waals surface area contributed by atoms with Gasteiger partial charge in [-0.2, -0.15) is 0 Å². The fraction of sp³-hybridized carbons (Fsp3) is 0.579. The number of carbonyl (C=O) groups excluding carboxylic acids is 2. The van der Waals surface area contributed by atoms with Crippen molar-refractivity contribution < 1.29 is 18.7 Å². The Labute approximate surface area is 147 Å². The maximum atomic E-state index is 13.6. The van der Waals surface area contributed by atoms with Crippen molar-refractivity contribution in [1.29, 1.82) is 0 Å². The maximum absolute atomic E-state index is 13.6. The number of ether oxygens (including phenoxy) is 1. The first-order valence-electron chi connectivity index (χ1n) is 9.01. The van der Waals surface area contributed by atoms with Crippen molar-refractivity contribution in [2.75, 3.05) is 31.1 Å². The SMILES string of the molecule is CCOC(=O)C1CCN(C(=O)C(C)N2CCc3ccc(F)cc32)CC1. The molecule has 0 aromatic heterocycles. The molecule has 0 N–H and O–H groups in total. The van der Waals surface area contributed by atoms with E-state index in [4.69, 9.17) is 4.74 Å². The van der Waals surface area contributed by atoms with Gasteiger partial charge in [-0.15, -0.1) is 0 Å². The second-order valence-electron chi connectivity index (χ2n) is 6.74. The van der Waals surface area contributed by atoms with Gasteiger partial charge in [0.2, 0.25) is 5.91 Å². The number of anilines is 1. The van der Waals surface area contributed by atoms with Crippen LogP contribution in [0.4, 0.5) is 10.1 Å². The van der Waals surface area contributed by atoms with Crippen LogP contribution in [0, 0.1) is 11.7 Å². The number of hydrogen-bond donors (Lipinski definition) is 0. The van der Waals surface area contributed by atoms with E-state index in [-0.39, 0.29) is 29.7 Å². The minimum Gasteiger partial charge on any atom is -0.466 e. The van der Waals surface area contributed by atoms with Crippen molar-refractivity contribution in [3.63, 3.8) is 0 Å². The van der Waals surface area contributed by atoms with Crippen LogP contribution >= 0.6 is 0 Å². The molecule has 0 aliphatic carbocycles. The fourth-order valence-electron chi connectivity index (χ4n) is 3.77. The lowest BCUT2D eigenvalue weighted by Gasteiger charge is -2.35. The Morgan fingerprint density at radius 1 is 1.28 bits per heavy atom. The van der Waals surface area contributed by atoms with Gasteiger partial charge in [0.25, 0.3) is 0 Å². The van der Waals surface area contributed by atoms with Gasteiger partial charge in [-0.05, 0) is 50.8 Å². The van der Waals surface area contributed by atoms with E-state index in [0.717, 1.165) is 24.2 Å². The molecule has 2 heterocycles. The molecule has 0 bridgehead atoms. The molecule has 1 amide bonds. The Morgan fingerprint density at radius 2 is 2.00 bits per heavy atom. The number of halogens is 1. The van der Waals surface area contributed by atoms with E-state index in [1.165, 1.54) is 12.1 Å². The zero-order chi connectivity index (χ0) is 18.0. The molecule has 0 radical (unpaired) electrons. The minimum absolute atomic E-state index is 0.0411. The number of rotatable bonds is 4. The predicted molar refractivity (Wildman–Crippen MR) is 92.8 cm³/mol. The minimum atomic E-state index is -0.331. The van der Waals surface area contributed by atoms with E-state index in [0.29, 0.717) is 32.5 Å². The largest absolute Gasteiger partial charge is 0.466 e. The highest BCUT2D eigenvalue weighted by molar-refractivity contribution is 5.86. The second-order valence-corrected chi connectivity index (χ2v) is 6.74. The van der Waals surface area contributed by atoms with Gasteiger partial charge < -0.3 is 14.5 Å². The standard InChI is InChI=1S/C19H25FN2O3/c1-3-25-19(24)15-6-9-21(10-7-15)18(23)13(2)22-11-8-14-4-5-16(20)12-17(14)22/h4-5,12-13,15H,3,6-11H2,1-2H3. The molecule has 0 saturated carbocycles. The molecule has 2 aliphatic rings. The summed E-state index contributed by atoms with van der Waals surface area (Å²) in [6.07, 6.45) is 2.11. The summed E-state index contributed by atoms with van der Waals surface area (Å²) in [5.74, 6) is -0.507. The summed E-state index contributed by atoms with van der Waals surface area (Å²) < 4.78 is 18.6. The number of esters is 1. The van der Waals surface area contributed by atoms with E-state index < -0.39 is 0 Å². The van der Waals surface area contributed by atoms with Gasteiger partial charge in [0.05, 0.1) is 12.5 Å². The van der Waals surface area contributed by atoms with Crippen LogP contribution in [0.5, 0.6) is 0 Å². The average molecular weight is 348 g/mol. The number of carbonyl (C=O) groups is 2. The molecular weight excluding hydrogens is 323 g/mol. The first-order chi connectivity index (χ1) is 12.0. The summed E-state index contributed by atoms with van der Waals surface area (Å²) in [5, 5.41) is 0. The van der Waals surface area contributed by atoms with Crippen molar-refractivity contribution >= 4 is 17.6 Å². The van der Waals surface area contributed by atoms with Gasteiger partial charge >= 0.3 is 5.97 Å². The Hall–Kier alpha value is -2.11. The zero-order valence-electron chi connectivity index (χ0n) is 14.8. The summed E-state index contributed by atoms with van der Waals surface area (Å²) in [4.78, 5) is 28.5. The molecule has 1 fully saturated rings. The van der Waals surface area contributed by atoms with Crippen LogP contribution < -0.4 is 4.90 Å². The number of benzene rings is 1. The molecule has 1 aromatic carbocycles. The molecule has 2 aliphatic heterocycles. The average Bonchev–Trinajstić information content (AvgIpc) is 3.03. The third kappa shape index (κ3) is 3.62. The van der Waals surface area contributed by atoms with Gasteiger partial charge in [-0.1, -0.05) is 6.07 Å². The topological polar surface area (TPSA) is 49.9 Å². The van der Waals surface area contributed by atoms with Gasteiger partial charge in [0, 0.05) is 25.3 Å². The first kappa shape index (κ1) is 17.7. The summed E-state index contributed by atoms with van der Waals surface area (Å²) >= 11 is 0. The van der Waals surface area contributed by atoms with Crippen molar-refractivity contribution in [3.05, 3.63) is 29.6 Å². The predicted octanol–water partition coefficient (Wildman–Crippen LogP) is 2.38. The molecule has 3 rings (SSSR count). The lowest BCUT2D eigenvalue weighted by molar-refractivity contribution is -0.151. The van der Waals surface area contributed by atoms with Crippen LogP contribution in [0.2, 0.25) is 0 Å². The normalized spacial score (nSPS) is 18.8. The highest BCUT2D eigenvalue weighted by Gasteiger charge is 2.34. The molecule has 1 unspecified atom stereocenters. The van der Waals surface area contributed by atoms with E-state index >= 15 is 0 Å². The molecule has 1 atom stereocenters. The molecule has 0 spiro atoms. The van der Waals surface area contributed by atoms with E-state index in [9.17, 15) is 14.0 Å². The van der Waals surface area contributed by atoms with E-state index in [1.54, 1.807) is 13.0 Å². The first-order valence-corrected chi connectivity index (χ1v) is 9.01. The molecule has 136 valence electrons. The summed E-state index contributed by atoms with van der Waals surface area (Å²) in [5.41, 5.74) is 1.91. The maximum Gasteiger partial charge on any atom is 0.309 e. The van der Waals surface area contributed by atoms with Crippen LogP contribution in [0.15, 0.2) is 18.2 Å². The van der Waals surface area contributed by atoms with Crippen molar-refractivity contribution in [2.24, 2.45) is 5.92 Å². The van der Waals surface area contributed by atoms with E-state index in [2.05, 4.69) is 0 Å². The van der Waals surface area contributed by atoms with Crippen LogP contribution in [0.25, 0.3) is 0 Å². The highest BCUT2D eigenvalue weighted by Crippen LogP contribution is 2.31. The number of nitrogens with zero attached hydrogens (tertiary/aromatic N) is 2. The number of hydrogen-bond acceptors (Lipinski definition) is 4. The van der Waals surface area contributed by atoms with Crippen molar-refractivity contribution in [2.45, 2.75) is 39.2 Å². The Bertz CT molecular complexity index is 656. The lowest BCUT2D eigenvalue weighted by atomic mass is 9.96. The lowest BCUT2D eigenvalue weighted by Crippen LogP contribution is -2.50. The fourth-order valence-corrected chi connectivity index (χ4v) is 3.77. The summed E-state index contributed by atoms with van der Waals surface area (Å²) in [6.45, 7) is 5.92. The summed E-state index contributed by atoms with van der Waals surface area (Å²) in [6, 6.07) is 4.45. The molecule has 5 nitrogen and oxygen atoms in total. The second kappa shape index (κ2) is 7.42. The Kier molecular flexibility index (Phi) is 5.25. The third-order valence-electron chi connectivity index (χ3n) is 5.23. The Morgan fingerprint density at radius 3 is 2.68 bits per heavy atom. The van der Waals surface area contributed by atoms with Gasteiger partial charge in [0.1, 0.15) is 11.9 Å². The molecule has 25 heavy (non-hydrogen) atoms. The number of likely N-dealkylation sites (tertiary alicyclic amines) is 1. The number of piperidine rings is 1. The van der Waals surface area contributed by atoms with Gasteiger partial charge in [-0.25, -0.2) is 4.39 Å². The molecule has 1 aromatic rings. The number of amides is 1. The smallest absolute Gasteiger partial charge is 0.309 e. The van der Waals surface area contributed by atoms with Crippen LogP contribution in [-0.4, -0.2) is 49.1 Å². The van der Waals surface area contributed by atoms with Gasteiger partial charge in [-0.3, -0.25) is 9.59 Å². The van der Waals surface area contributed by atoms with E-state index in [1.807, 2.05) is 16.7 Å².